The lowest BCUT2D eigenvalue weighted by Crippen LogP contribution is -2.41. The Kier molecular flexibility index (Phi) is 7.59. The first kappa shape index (κ1) is 24.2. The first-order chi connectivity index (χ1) is 15.1. The van der Waals surface area contributed by atoms with Gasteiger partial charge in [0.2, 0.25) is 15.9 Å². The number of hydrogen-bond donors (Lipinski definition) is 2. The van der Waals surface area contributed by atoms with E-state index in [0.29, 0.717) is 10.6 Å². The molecule has 0 saturated carbocycles. The average Bonchev–Trinajstić information content (AvgIpc) is 2.76. The number of halogens is 3. The van der Waals surface area contributed by atoms with Crippen molar-refractivity contribution in [2.75, 3.05) is 5.32 Å². The number of carbonyl (C=O) groups excluding carboxylic acids is 2. The molecule has 2 N–H and O–H groups in total. The van der Waals surface area contributed by atoms with Gasteiger partial charge in [0.15, 0.2) is 5.78 Å². The van der Waals surface area contributed by atoms with Crippen LogP contribution in [-0.4, -0.2) is 26.2 Å². The Morgan fingerprint density at radius 2 is 1.50 bits per heavy atom. The highest BCUT2D eigenvalue weighted by molar-refractivity contribution is 7.89. The summed E-state index contributed by atoms with van der Waals surface area (Å²) >= 11 is 17.9. The summed E-state index contributed by atoms with van der Waals surface area (Å²) in [6.07, 6.45) is 0. The molecular formula is C22H17Cl3N2O4S. The second kappa shape index (κ2) is 10.0. The van der Waals surface area contributed by atoms with Crippen LogP contribution in [0.2, 0.25) is 15.1 Å². The minimum absolute atomic E-state index is 0.0389. The van der Waals surface area contributed by atoms with Gasteiger partial charge in [-0.3, -0.25) is 9.59 Å². The molecule has 0 radical (unpaired) electrons. The van der Waals surface area contributed by atoms with Crippen molar-refractivity contribution in [3.8, 4) is 0 Å². The molecule has 0 fully saturated rings. The summed E-state index contributed by atoms with van der Waals surface area (Å²) in [5.41, 5.74) is 0.777. The molecule has 0 unspecified atom stereocenters. The van der Waals surface area contributed by atoms with Crippen molar-refractivity contribution in [2.45, 2.75) is 17.9 Å². The van der Waals surface area contributed by atoms with E-state index >= 15 is 0 Å². The van der Waals surface area contributed by atoms with Crippen molar-refractivity contribution in [1.82, 2.24) is 4.72 Å². The maximum absolute atomic E-state index is 12.9. The van der Waals surface area contributed by atoms with Crippen LogP contribution in [0.15, 0.2) is 71.6 Å². The van der Waals surface area contributed by atoms with E-state index in [9.17, 15) is 18.0 Å². The van der Waals surface area contributed by atoms with Crippen molar-refractivity contribution in [1.29, 1.82) is 0 Å². The van der Waals surface area contributed by atoms with Crippen LogP contribution in [0.3, 0.4) is 0 Å². The Bertz CT molecular complexity index is 1280. The van der Waals surface area contributed by atoms with Crippen LogP contribution in [-0.2, 0) is 14.8 Å². The minimum atomic E-state index is -4.14. The normalized spacial score (nSPS) is 12.2. The lowest BCUT2D eigenvalue weighted by atomic mass is 10.0. The first-order valence-corrected chi connectivity index (χ1v) is 11.9. The highest BCUT2D eigenvalue weighted by atomic mass is 35.5. The Labute approximate surface area is 200 Å². The lowest BCUT2D eigenvalue weighted by Gasteiger charge is -2.17. The number of benzene rings is 3. The molecule has 32 heavy (non-hydrogen) atoms. The van der Waals surface area contributed by atoms with E-state index in [1.54, 1.807) is 30.3 Å². The SMILES string of the molecule is C[C@@H](NS(=O)(=O)c1cc(Cl)ccc1Cl)C(=O)Nc1ccc(Cl)cc1C(=O)c1ccccc1. The molecule has 0 bridgehead atoms. The number of amides is 1. The maximum Gasteiger partial charge on any atom is 0.242 e. The van der Waals surface area contributed by atoms with Crippen LogP contribution >= 0.6 is 34.8 Å². The zero-order valence-corrected chi connectivity index (χ0v) is 19.7. The van der Waals surface area contributed by atoms with E-state index in [1.807, 2.05) is 0 Å². The largest absolute Gasteiger partial charge is 0.324 e. The molecule has 0 aromatic heterocycles. The van der Waals surface area contributed by atoms with Crippen molar-refractivity contribution in [3.63, 3.8) is 0 Å². The average molecular weight is 512 g/mol. The summed E-state index contributed by atoms with van der Waals surface area (Å²) in [5.74, 6) is -1.03. The summed E-state index contributed by atoms with van der Waals surface area (Å²) in [4.78, 5) is 25.4. The molecule has 10 heteroatoms. The third-order valence-corrected chi connectivity index (χ3v) is 6.92. The van der Waals surface area contributed by atoms with Gasteiger partial charge < -0.3 is 5.32 Å². The lowest BCUT2D eigenvalue weighted by molar-refractivity contribution is -0.117. The standard InChI is InChI=1S/C22H17Cl3N2O4S/c1-13(27-32(30,31)20-12-16(24)7-9-18(20)25)22(29)26-19-10-8-15(23)11-17(19)21(28)14-5-3-2-4-6-14/h2-13,27H,1H3,(H,26,29)/t13-/m1/s1. The zero-order chi connectivity index (χ0) is 23.5. The summed E-state index contributed by atoms with van der Waals surface area (Å²) in [6, 6.07) is 15.7. The number of hydrogen-bond acceptors (Lipinski definition) is 4. The Morgan fingerprint density at radius 3 is 2.19 bits per heavy atom. The van der Waals surface area contributed by atoms with E-state index in [1.165, 1.54) is 43.3 Å². The predicted octanol–water partition coefficient (Wildman–Crippen LogP) is 5.18. The number of ketones is 1. The second-order valence-corrected chi connectivity index (χ2v) is 9.75. The van der Waals surface area contributed by atoms with Gasteiger partial charge in [0, 0.05) is 21.2 Å². The van der Waals surface area contributed by atoms with Gasteiger partial charge in [-0.05, 0) is 43.3 Å². The first-order valence-electron chi connectivity index (χ1n) is 9.26. The number of anilines is 1. The molecular weight excluding hydrogens is 495 g/mol. The Hall–Kier alpha value is -2.42. The van der Waals surface area contributed by atoms with Crippen molar-refractivity contribution >= 4 is 62.2 Å². The molecule has 0 aliphatic carbocycles. The monoisotopic (exact) mass is 510 g/mol. The van der Waals surface area contributed by atoms with Crippen molar-refractivity contribution in [2.24, 2.45) is 0 Å². The molecule has 0 aliphatic rings. The van der Waals surface area contributed by atoms with Crippen molar-refractivity contribution in [3.05, 3.63) is 92.9 Å². The summed E-state index contributed by atoms with van der Waals surface area (Å²) in [5, 5.41) is 3.03. The van der Waals surface area contributed by atoms with Gasteiger partial charge in [0.05, 0.1) is 16.8 Å². The third-order valence-electron chi connectivity index (χ3n) is 4.43. The van der Waals surface area contributed by atoms with Crippen LogP contribution in [0.4, 0.5) is 5.69 Å². The molecule has 6 nitrogen and oxygen atoms in total. The molecule has 3 aromatic carbocycles. The Morgan fingerprint density at radius 1 is 0.875 bits per heavy atom. The van der Waals surface area contributed by atoms with Gasteiger partial charge in [-0.1, -0.05) is 65.1 Å². The fraction of sp³-hybridized carbons (Fsp3) is 0.0909. The van der Waals surface area contributed by atoms with Crippen LogP contribution < -0.4 is 10.0 Å². The number of rotatable bonds is 7. The highest BCUT2D eigenvalue weighted by Crippen LogP contribution is 2.26. The molecule has 0 aliphatic heterocycles. The van der Waals surface area contributed by atoms with E-state index in [4.69, 9.17) is 34.8 Å². The zero-order valence-electron chi connectivity index (χ0n) is 16.6. The number of sulfonamides is 1. The molecule has 166 valence electrons. The van der Waals surface area contributed by atoms with Gasteiger partial charge in [-0.15, -0.1) is 0 Å². The molecule has 3 rings (SSSR count). The maximum atomic E-state index is 12.9. The summed E-state index contributed by atoms with van der Waals surface area (Å²) in [6.45, 7) is 1.36. The second-order valence-electron chi connectivity index (χ2n) is 6.79. The summed E-state index contributed by atoms with van der Waals surface area (Å²) in [7, 11) is -4.14. The molecule has 0 heterocycles. The van der Waals surface area contributed by atoms with Gasteiger partial charge in [0.25, 0.3) is 0 Å². The predicted molar refractivity (Wildman–Crippen MR) is 126 cm³/mol. The van der Waals surface area contributed by atoms with Gasteiger partial charge in [0.1, 0.15) is 4.90 Å². The number of carbonyl (C=O) groups is 2. The molecule has 0 saturated heterocycles. The van der Waals surface area contributed by atoms with Crippen LogP contribution in [0, 0.1) is 0 Å². The van der Waals surface area contributed by atoms with Crippen LogP contribution in [0.25, 0.3) is 0 Å². The minimum Gasteiger partial charge on any atom is -0.324 e. The smallest absolute Gasteiger partial charge is 0.242 e. The van der Waals surface area contributed by atoms with E-state index < -0.39 is 22.0 Å². The molecule has 1 atom stereocenters. The number of nitrogens with one attached hydrogen (secondary N) is 2. The quantitative estimate of drug-likeness (QED) is 0.427. The van der Waals surface area contributed by atoms with E-state index in [0.717, 1.165) is 0 Å². The fourth-order valence-electron chi connectivity index (χ4n) is 2.83. The fourth-order valence-corrected chi connectivity index (χ4v) is 4.97. The van der Waals surface area contributed by atoms with Gasteiger partial charge in [-0.2, -0.15) is 4.72 Å². The van der Waals surface area contributed by atoms with Crippen LogP contribution in [0.1, 0.15) is 22.8 Å². The topological polar surface area (TPSA) is 92.3 Å². The van der Waals surface area contributed by atoms with Gasteiger partial charge in [-0.25, -0.2) is 8.42 Å². The third kappa shape index (κ3) is 5.68. The van der Waals surface area contributed by atoms with E-state index in [2.05, 4.69) is 10.0 Å². The van der Waals surface area contributed by atoms with Crippen molar-refractivity contribution < 1.29 is 18.0 Å². The summed E-state index contributed by atoms with van der Waals surface area (Å²) < 4.78 is 27.6. The molecule has 3 aromatic rings. The molecule has 0 spiro atoms. The van der Waals surface area contributed by atoms with Gasteiger partial charge >= 0.3 is 0 Å². The van der Waals surface area contributed by atoms with E-state index in [-0.39, 0.29) is 32.0 Å². The highest BCUT2D eigenvalue weighted by Gasteiger charge is 2.25. The Balaban J connectivity index is 1.83. The van der Waals surface area contributed by atoms with Crippen LogP contribution in [0.5, 0.6) is 0 Å². The molecule has 1 amide bonds.